The predicted molar refractivity (Wildman–Crippen MR) is 156 cm³/mol. The van der Waals surface area contributed by atoms with Crippen LogP contribution in [-0.4, -0.2) is 44.2 Å². The molecule has 0 radical (unpaired) electrons. The van der Waals surface area contributed by atoms with Crippen LogP contribution >= 0.6 is 0 Å². The first-order chi connectivity index (χ1) is 19.4. The Balaban J connectivity index is 1.07. The molecular formula is C34H50O6S. The standard InChI is InChI=1S/C34H50O6S/c1-20-6-9-25(10-7-20)41(36,37)40-24-13-15-32(4)23(18-24)8-11-26-27(32)14-16-33(5)28-22(3)34(17-12-21(2)19-38-34)39-31(28)30(35)29(26)33/h6-7,9-10,21-24,26-31,35H,8,11-19H2,1-5H3/t21-,22+,23+,24+,26-,27+,28+,29-,30+,31-,32+,33-,34-/m1/s1. The third-order valence-corrected chi connectivity index (χ3v) is 14.8. The molecule has 2 saturated heterocycles. The Morgan fingerprint density at radius 2 is 1.66 bits per heavy atom. The molecule has 1 aromatic carbocycles. The van der Waals surface area contributed by atoms with Gasteiger partial charge >= 0.3 is 0 Å². The summed E-state index contributed by atoms with van der Waals surface area (Å²) in [6.45, 7) is 12.2. The molecule has 6 aliphatic rings. The van der Waals surface area contributed by atoms with Crippen molar-refractivity contribution in [1.82, 2.24) is 0 Å². The normalized spacial score (nSPS) is 51.1. The van der Waals surface area contributed by atoms with Crippen LogP contribution in [0.4, 0.5) is 0 Å². The van der Waals surface area contributed by atoms with E-state index in [1.165, 1.54) is 6.42 Å². The molecule has 4 saturated carbocycles. The summed E-state index contributed by atoms with van der Waals surface area (Å²) in [5.74, 6) is 2.42. The van der Waals surface area contributed by atoms with Crippen molar-refractivity contribution in [1.29, 1.82) is 0 Å². The maximum absolute atomic E-state index is 13.1. The Morgan fingerprint density at radius 3 is 2.37 bits per heavy atom. The van der Waals surface area contributed by atoms with Gasteiger partial charge in [-0.15, -0.1) is 0 Å². The van der Waals surface area contributed by atoms with Gasteiger partial charge in [0.2, 0.25) is 0 Å². The van der Waals surface area contributed by atoms with E-state index in [1.807, 2.05) is 19.1 Å². The second-order valence-electron chi connectivity index (χ2n) is 15.5. The summed E-state index contributed by atoms with van der Waals surface area (Å²) in [6.07, 6.45) is 8.29. The molecule has 1 aromatic rings. The Bertz CT molecular complexity index is 1250. The average molecular weight is 587 g/mol. The summed E-state index contributed by atoms with van der Waals surface area (Å²) in [5, 5.41) is 12.0. The molecule has 6 nitrogen and oxygen atoms in total. The van der Waals surface area contributed by atoms with Crippen LogP contribution < -0.4 is 0 Å². The van der Waals surface area contributed by atoms with Gasteiger partial charge in [0.05, 0.1) is 29.8 Å². The molecule has 2 heterocycles. The second kappa shape index (κ2) is 9.76. The maximum Gasteiger partial charge on any atom is 0.297 e. The number of benzene rings is 1. The molecule has 7 rings (SSSR count). The summed E-state index contributed by atoms with van der Waals surface area (Å²) in [4.78, 5) is 0.249. The van der Waals surface area contributed by atoms with Crippen LogP contribution in [0.2, 0.25) is 0 Å². The van der Waals surface area contributed by atoms with E-state index in [0.29, 0.717) is 29.6 Å². The number of aliphatic hydroxyl groups is 1. The zero-order chi connectivity index (χ0) is 28.9. The lowest BCUT2D eigenvalue weighted by molar-refractivity contribution is -0.282. The van der Waals surface area contributed by atoms with Crippen molar-refractivity contribution in [3.05, 3.63) is 29.8 Å². The monoisotopic (exact) mass is 586 g/mol. The third-order valence-electron chi connectivity index (χ3n) is 13.5. The Hall–Kier alpha value is -0.990. The quantitative estimate of drug-likeness (QED) is 0.408. The summed E-state index contributed by atoms with van der Waals surface area (Å²) >= 11 is 0. The zero-order valence-electron chi connectivity index (χ0n) is 25.6. The highest BCUT2D eigenvalue weighted by Crippen LogP contribution is 2.71. The first kappa shape index (κ1) is 28.8. The molecule has 6 fully saturated rings. The minimum Gasteiger partial charge on any atom is -0.390 e. The molecule has 0 unspecified atom stereocenters. The van der Waals surface area contributed by atoms with Gasteiger partial charge in [0.15, 0.2) is 5.79 Å². The maximum atomic E-state index is 13.1. The van der Waals surface area contributed by atoms with Crippen molar-refractivity contribution >= 4 is 10.1 Å². The molecule has 0 bridgehead atoms. The first-order valence-corrected chi connectivity index (χ1v) is 17.8. The predicted octanol–water partition coefficient (Wildman–Crippen LogP) is 6.49. The summed E-state index contributed by atoms with van der Waals surface area (Å²) in [5.41, 5.74) is 1.25. The smallest absolute Gasteiger partial charge is 0.297 e. The van der Waals surface area contributed by atoms with Crippen molar-refractivity contribution < 1.29 is 27.2 Å². The fourth-order valence-corrected chi connectivity index (χ4v) is 12.4. The average Bonchev–Trinajstić information content (AvgIpc) is 3.34. The lowest BCUT2D eigenvalue weighted by atomic mass is 9.44. The largest absolute Gasteiger partial charge is 0.390 e. The van der Waals surface area contributed by atoms with Crippen LogP contribution in [0.25, 0.3) is 0 Å². The lowest BCUT2D eigenvalue weighted by Crippen LogP contribution is -2.56. The van der Waals surface area contributed by atoms with Crippen LogP contribution in [0.15, 0.2) is 29.2 Å². The Morgan fingerprint density at radius 1 is 0.927 bits per heavy atom. The molecular weight excluding hydrogens is 536 g/mol. The Kier molecular flexibility index (Phi) is 6.84. The molecule has 13 atom stereocenters. The van der Waals surface area contributed by atoms with E-state index in [9.17, 15) is 13.5 Å². The fourth-order valence-electron chi connectivity index (χ4n) is 11.3. The Labute approximate surface area is 247 Å². The number of hydrogen-bond donors (Lipinski definition) is 1. The summed E-state index contributed by atoms with van der Waals surface area (Å²) < 4.78 is 45.2. The molecule has 228 valence electrons. The van der Waals surface area contributed by atoms with Gasteiger partial charge in [0.25, 0.3) is 10.1 Å². The number of aryl methyl sites for hydroxylation is 1. The fraction of sp³-hybridized carbons (Fsp3) is 0.824. The van der Waals surface area contributed by atoms with Crippen LogP contribution in [0.5, 0.6) is 0 Å². The van der Waals surface area contributed by atoms with Gasteiger partial charge in [-0.1, -0.05) is 45.4 Å². The second-order valence-corrected chi connectivity index (χ2v) is 17.1. The van der Waals surface area contributed by atoms with Gasteiger partial charge in [0.1, 0.15) is 0 Å². The molecule has 41 heavy (non-hydrogen) atoms. The van der Waals surface area contributed by atoms with E-state index in [4.69, 9.17) is 13.7 Å². The molecule has 4 aliphatic carbocycles. The molecule has 2 aliphatic heterocycles. The van der Waals surface area contributed by atoms with Gasteiger partial charge in [-0.25, -0.2) is 0 Å². The van der Waals surface area contributed by atoms with Crippen molar-refractivity contribution in [2.24, 2.45) is 52.3 Å². The van der Waals surface area contributed by atoms with E-state index >= 15 is 0 Å². The zero-order valence-corrected chi connectivity index (χ0v) is 26.4. The minimum absolute atomic E-state index is 0.0617. The van der Waals surface area contributed by atoms with E-state index in [0.717, 1.165) is 63.5 Å². The van der Waals surface area contributed by atoms with Crippen LogP contribution in [0, 0.1) is 59.2 Å². The van der Waals surface area contributed by atoms with E-state index in [1.54, 1.807) is 12.1 Å². The van der Waals surface area contributed by atoms with Crippen LogP contribution in [0.3, 0.4) is 0 Å². The van der Waals surface area contributed by atoms with E-state index in [2.05, 4.69) is 27.7 Å². The van der Waals surface area contributed by atoms with Crippen molar-refractivity contribution in [2.75, 3.05) is 6.61 Å². The van der Waals surface area contributed by atoms with Gasteiger partial charge in [-0.05, 0) is 111 Å². The number of rotatable bonds is 3. The first-order valence-electron chi connectivity index (χ1n) is 16.4. The van der Waals surface area contributed by atoms with Crippen molar-refractivity contribution in [3.63, 3.8) is 0 Å². The van der Waals surface area contributed by atoms with Crippen LogP contribution in [0.1, 0.15) is 91.0 Å². The SMILES string of the molecule is Cc1ccc(S(=O)(=O)O[C@H]2CC[C@@]3(C)[C@@H](CC[C@H]4[C@@H]5[C@H](O)[C@@H]6O[C@]7(CC[C@@H](C)CO7)[C@@H](C)[C@@H]6[C@@]5(C)CC[C@@H]43)C2)cc1. The van der Waals surface area contributed by atoms with Gasteiger partial charge in [0, 0.05) is 18.3 Å². The minimum atomic E-state index is -3.77. The van der Waals surface area contributed by atoms with Crippen LogP contribution in [-0.2, 0) is 23.8 Å². The molecule has 0 aromatic heterocycles. The van der Waals surface area contributed by atoms with Crippen molar-refractivity contribution in [3.8, 4) is 0 Å². The molecule has 0 amide bonds. The summed E-state index contributed by atoms with van der Waals surface area (Å²) in [6, 6.07) is 6.95. The highest BCUT2D eigenvalue weighted by atomic mass is 32.2. The highest BCUT2D eigenvalue weighted by molar-refractivity contribution is 7.86. The highest BCUT2D eigenvalue weighted by Gasteiger charge is 2.72. The number of aliphatic hydroxyl groups excluding tert-OH is 1. The van der Waals surface area contributed by atoms with Gasteiger partial charge in [-0.3, -0.25) is 4.18 Å². The third kappa shape index (κ3) is 4.26. The molecule has 1 spiro atoms. The summed E-state index contributed by atoms with van der Waals surface area (Å²) in [7, 11) is -3.77. The molecule has 1 N–H and O–H groups in total. The lowest BCUT2D eigenvalue weighted by Gasteiger charge is -2.61. The number of ether oxygens (including phenoxy) is 2. The topological polar surface area (TPSA) is 82.1 Å². The van der Waals surface area contributed by atoms with Gasteiger partial charge < -0.3 is 14.6 Å². The van der Waals surface area contributed by atoms with Gasteiger partial charge in [-0.2, -0.15) is 8.42 Å². The van der Waals surface area contributed by atoms with E-state index in [-0.39, 0.29) is 39.8 Å². The number of hydrogen-bond acceptors (Lipinski definition) is 6. The van der Waals surface area contributed by atoms with Crippen molar-refractivity contribution in [2.45, 2.75) is 121 Å². The number of fused-ring (bicyclic) bond motifs is 7. The molecule has 7 heteroatoms. The van der Waals surface area contributed by atoms with E-state index < -0.39 is 22.0 Å².